The number of likely N-dealkylation sites (tertiary alicyclic amines) is 1. The van der Waals surface area contributed by atoms with Gasteiger partial charge in [0.1, 0.15) is 6.61 Å². The van der Waals surface area contributed by atoms with Crippen molar-refractivity contribution in [2.24, 2.45) is 5.92 Å². The maximum Gasteiger partial charge on any atom is 0.410 e. The summed E-state index contributed by atoms with van der Waals surface area (Å²) in [5.74, 6) is -1.72. The minimum absolute atomic E-state index is 0.168. The van der Waals surface area contributed by atoms with Gasteiger partial charge in [-0.1, -0.05) is 60.2 Å². The Morgan fingerprint density at radius 3 is 2.40 bits per heavy atom. The molecular weight excluding hydrogens is 318 g/mol. The van der Waals surface area contributed by atoms with Crippen LogP contribution in [0.5, 0.6) is 0 Å². The minimum Gasteiger partial charge on any atom is -0.481 e. The first kappa shape index (κ1) is 17.0. The van der Waals surface area contributed by atoms with Gasteiger partial charge < -0.3 is 14.7 Å². The number of ether oxygens (including phenoxy) is 1. The highest BCUT2D eigenvalue weighted by molar-refractivity contribution is 5.75. The summed E-state index contributed by atoms with van der Waals surface area (Å²) in [6.45, 7) is 2.69. The molecule has 0 spiro atoms. The van der Waals surface area contributed by atoms with Gasteiger partial charge in [0.2, 0.25) is 0 Å². The van der Waals surface area contributed by atoms with E-state index in [9.17, 15) is 14.7 Å². The highest BCUT2D eigenvalue weighted by atomic mass is 16.6. The van der Waals surface area contributed by atoms with E-state index in [1.54, 1.807) is 0 Å². The molecule has 1 heterocycles. The second kappa shape index (κ2) is 7.38. The zero-order valence-electron chi connectivity index (χ0n) is 14.1. The molecule has 25 heavy (non-hydrogen) atoms. The van der Waals surface area contributed by atoms with Gasteiger partial charge >= 0.3 is 12.1 Å². The SMILES string of the molecule is Cc1ccc(C2CN(C(=O)OCc3ccccc3)CC2C(=O)O)cc1. The van der Waals surface area contributed by atoms with Gasteiger partial charge in [0.05, 0.1) is 5.92 Å². The number of amides is 1. The van der Waals surface area contributed by atoms with Gasteiger partial charge in [0.15, 0.2) is 0 Å². The number of hydrogen-bond donors (Lipinski definition) is 1. The van der Waals surface area contributed by atoms with Crippen LogP contribution in [0.3, 0.4) is 0 Å². The number of carboxylic acids is 1. The fraction of sp³-hybridized carbons (Fsp3) is 0.300. The van der Waals surface area contributed by atoms with E-state index in [0.717, 1.165) is 16.7 Å². The van der Waals surface area contributed by atoms with E-state index in [2.05, 4.69) is 0 Å². The van der Waals surface area contributed by atoms with Crippen molar-refractivity contribution in [3.8, 4) is 0 Å². The Labute approximate surface area is 146 Å². The number of nitrogens with zero attached hydrogens (tertiary/aromatic N) is 1. The summed E-state index contributed by atoms with van der Waals surface area (Å²) in [5, 5.41) is 9.53. The maximum absolute atomic E-state index is 12.3. The second-order valence-electron chi connectivity index (χ2n) is 6.41. The van der Waals surface area contributed by atoms with Crippen molar-refractivity contribution < 1.29 is 19.4 Å². The first-order valence-corrected chi connectivity index (χ1v) is 8.29. The molecule has 5 heteroatoms. The molecule has 3 rings (SSSR count). The van der Waals surface area contributed by atoms with E-state index in [0.29, 0.717) is 6.54 Å². The van der Waals surface area contributed by atoms with E-state index < -0.39 is 18.0 Å². The molecule has 2 unspecified atom stereocenters. The van der Waals surface area contributed by atoms with E-state index >= 15 is 0 Å². The third-order valence-corrected chi connectivity index (χ3v) is 4.61. The molecule has 2 aromatic rings. The lowest BCUT2D eigenvalue weighted by Crippen LogP contribution is -2.30. The molecule has 2 aromatic carbocycles. The molecule has 0 saturated carbocycles. The minimum atomic E-state index is -0.885. The van der Waals surface area contributed by atoms with E-state index in [-0.39, 0.29) is 19.1 Å². The normalized spacial score (nSPS) is 19.6. The van der Waals surface area contributed by atoms with Crippen LogP contribution in [-0.4, -0.2) is 35.2 Å². The number of carboxylic acid groups (broad SMARTS) is 1. The molecule has 0 bridgehead atoms. The summed E-state index contributed by atoms with van der Waals surface area (Å²) < 4.78 is 5.34. The molecule has 1 amide bonds. The molecule has 1 aliphatic rings. The van der Waals surface area contributed by atoms with Crippen LogP contribution in [-0.2, 0) is 16.1 Å². The Kier molecular flexibility index (Phi) is 5.03. The lowest BCUT2D eigenvalue weighted by atomic mass is 9.89. The highest BCUT2D eigenvalue weighted by Gasteiger charge is 2.41. The van der Waals surface area contributed by atoms with Crippen LogP contribution in [0.1, 0.15) is 22.6 Å². The fourth-order valence-corrected chi connectivity index (χ4v) is 3.17. The Morgan fingerprint density at radius 2 is 1.76 bits per heavy atom. The number of benzene rings is 2. The summed E-state index contributed by atoms with van der Waals surface area (Å²) in [6, 6.07) is 17.2. The third kappa shape index (κ3) is 3.99. The summed E-state index contributed by atoms with van der Waals surface area (Å²) >= 11 is 0. The van der Waals surface area contributed by atoms with Crippen LogP contribution in [0.25, 0.3) is 0 Å². The van der Waals surface area contributed by atoms with Crippen molar-refractivity contribution >= 4 is 12.1 Å². The number of carbonyl (C=O) groups excluding carboxylic acids is 1. The molecule has 2 atom stereocenters. The van der Waals surface area contributed by atoms with Crippen molar-refractivity contribution in [1.82, 2.24) is 4.90 Å². The van der Waals surface area contributed by atoms with Crippen LogP contribution in [0.2, 0.25) is 0 Å². The first-order chi connectivity index (χ1) is 12.0. The van der Waals surface area contributed by atoms with Gasteiger partial charge in [-0.2, -0.15) is 0 Å². The molecule has 0 aromatic heterocycles. The number of carbonyl (C=O) groups is 2. The smallest absolute Gasteiger partial charge is 0.410 e. The Bertz CT molecular complexity index is 742. The summed E-state index contributed by atoms with van der Waals surface area (Å²) in [4.78, 5) is 25.4. The van der Waals surface area contributed by atoms with Crippen molar-refractivity contribution in [2.45, 2.75) is 19.4 Å². The number of rotatable bonds is 4. The largest absolute Gasteiger partial charge is 0.481 e. The molecule has 5 nitrogen and oxygen atoms in total. The van der Waals surface area contributed by atoms with Crippen LogP contribution in [0, 0.1) is 12.8 Å². The fourth-order valence-electron chi connectivity index (χ4n) is 3.17. The van der Waals surface area contributed by atoms with Crippen LogP contribution < -0.4 is 0 Å². The molecule has 130 valence electrons. The Balaban J connectivity index is 1.68. The summed E-state index contributed by atoms with van der Waals surface area (Å²) in [6.07, 6.45) is -0.468. The van der Waals surface area contributed by atoms with Gasteiger partial charge in [0, 0.05) is 19.0 Å². The highest BCUT2D eigenvalue weighted by Crippen LogP contribution is 2.33. The average molecular weight is 339 g/mol. The van der Waals surface area contributed by atoms with Gasteiger partial charge in [-0.25, -0.2) is 4.79 Å². The zero-order chi connectivity index (χ0) is 17.8. The lowest BCUT2D eigenvalue weighted by molar-refractivity contribution is -0.141. The number of aliphatic carboxylic acids is 1. The Hall–Kier alpha value is -2.82. The topological polar surface area (TPSA) is 66.8 Å². The number of aryl methyl sites for hydroxylation is 1. The molecule has 1 fully saturated rings. The molecule has 0 aliphatic carbocycles. The standard InChI is InChI=1S/C20H21NO4/c1-14-7-9-16(10-8-14)17-11-21(12-18(17)19(22)23)20(24)25-13-15-5-3-2-4-6-15/h2-10,17-18H,11-13H2,1H3,(H,22,23). The maximum atomic E-state index is 12.3. The van der Waals surface area contributed by atoms with Crippen LogP contribution in [0.15, 0.2) is 54.6 Å². The monoisotopic (exact) mass is 339 g/mol. The predicted molar refractivity (Wildman–Crippen MR) is 93.2 cm³/mol. The van der Waals surface area contributed by atoms with Crippen molar-refractivity contribution in [3.63, 3.8) is 0 Å². The summed E-state index contributed by atoms with van der Waals surface area (Å²) in [5.41, 5.74) is 2.96. The van der Waals surface area contributed by atoms with Crippen molar-refractivity contribution in [3.05, 3.63) is 71.3 Å². The third-order valence-electron chi connectivity index (χ3n) is 4.61. The predicted octanol–water partition coefficient (Wildman–Crippen LogP) is 3.43. The average Bonchev–Trinajstić information content (AvgIpc) is 3.07. The van der Waals surface area contributed by atoms with E-state index in [1.807, 2.05) is 61.5 Å². The summed E-state index contributed by atoms with van der Waals surface area (Å²) in [7, 11) is 0. The molecular formula is C20H21NO4. The zero-order valence-corrected chi connectivity index (χ0v) is 14.1. The van der Waals surface area contributed by atoms with Gasteiger partial charge in [0.25, 0.3) is 0 Å². The van der Waals surface area contributed by atoms with Crippen LogP contribution in [0.4, 0.5) is 4.79 Å². The molecule has 1 N–H and O–H groups in total. The van der Waals surface area contributed by atoms with Crippen molar-refractivity contribution in [1.29, 1.82) is 0 Å². The Morgan fingerprint density at radius 1 is 1.08 bits per heavy atom. The van der Waals surface area contributed by atoms with Gasteiger partial charge in [-0.15, -0.1) is 0 Å². The van der Waals surface area contributed by atoms with E-state index in [4.69, 9.17) is 4.74 Å². The molecule has 0 radical (unpaired) electrons. The van der Waals surface area contributed by atoms with E-state index in [1.165, 1.54) is 4.90 Å². The van der Waals surface area contributed by atoms with Gasteiger partial charge in [-0.3, -0.25) is 4.79 Å². The number of hydrogen-bond acceptors (Lipinski definition) is 3. The second-order valence-corrected chi connectivity index (χ2v) is 6.41. The molecule has 1 saturated heterocycles. The lowest BCUT2D eigenvalue weighted by Gasteiger charge is -2.16. The quantitative estimate of drug-likeness (QED) is 0.927. The van der Waals surface area contributed by atoms with Gasteiger partial charge in [-0.05, 0) is 18.1 Å². The molecule has 1 aliphatic heterocycles. The van der Waals surface area contributed by atoms with Crippen LogP contribution >= 0.6 is 0 Å². The van der Waals surface area contributed by atoms with Crippen molar-refractivity contribution in [2.75, 3.05) is 13.1 Å². The first-order valence-electron chi connectivity index (χ1n) is 8.29.